The van der Waals surface area contributed by atoms with Gasteiger partial charge in [0.2, 0.25) is 0 Å². The van der Waals surface area contributed by atoms with Crippen LogP contribution in [0.1, 0.15) is 17.3 Å². The predicted octanol–water partition coefficient (Wildman–Crippen LogP) is 0.654. The first-order valence-corrected chi connectivity index (χ1v) is 7.02. The Bertz CT molecular complexity index is 687. The van der Waals surface area contributed by atoms with Gasteiger partial charge in [-0.2, -0.15) is 0 Å². The number of ketones is 1. The van der Waals surface area contributed by atoms with Crippen molar-refractivity contribution in [2.24, 2.45) is 0 Å². The molecule has 0 amide bonds. The second kappa shape index (κ2) is 3.12. The van der Waals surface area contributed by atoms with Gasteiger partial charge in [0.05, 0.1) is 9.79 Å². The summed E-state index contributed by atoms with van der Waals surface area (Å²) in [6.07, 6.45) is 0. The molecule has 0 unspecified atom stereocenters. The second-order valence-corrected chi connectivity index (χ2v) is 6.56. The van der Waals surface area contributed by atoms with Gasteiger partial charge in [-0.05, 0) is 13.0 Å². The van der Waals surface area contributed by atoms with Crippen LogP contribution in [-0.2, 0) is 20.0 Å². The molecule has 0 spiro atoms. The standard InChI is InChI=1S/C8H6NO5S2/c1-5(10)6-3-2-4-7-8(6)16(13,14)9-15(7,11)12/h2-4H,1H3/q-1. The molecule has 0 fully saturated rings. The Labute approximate surface area is 92.4 Å². The fourth-order valence-corrected chi connectivity index (χ4v) is 5.16. The Kier molecular flexibility index (Phi) is 2.19. The van der Waals surface area contributed by atoms with E-state index in [-0.39, 0.29) is 5.56 Å². The van der Waals surface area contributed by atoms with Gasteiger partial charge in [-0.3, -0.25) is 4.79 Å². The Hall–Kier alpha value is -1.25. The van der Waals surface area contributed by atoms with Crippen LogP contribution in [0.4, 0.5) is 0 Å². The van der Waals surface area contributed by atoms with Gasteiger partial charge in [0, 0.05) is 5.56 Å². The van der Waals surface area contributed by atoms with E-state index in [1.807, 2.05) is 0 Å². The molecule has 0 radical (unpaired) electrons. The van der Waals surface area contributed by atoms with Gasteiger partial charge < -0.3 is 4.13 Å². The van der Waals surface area contributed by atoms with Crippen molar-refractivity contribution in [2.75, 3.05) is 0 Å². The van der Waals surface area contributed by atoms with Crippen molar-refractivity contribution in [3.8, 4) is 0 Å². The van der Waals surface area contributed by atoms with Crippen LogP contribution in [0.2, 0.25) is 0 Å². The summed E-state index contributed by atoms with van der Waals surface area (Å²) in [5.41, 5.74) is -0.151. The molecule has 6 nitrogen and oxygen atoms in total. The zero-order valence-corrected chi connectivity index (χ0v) is 9.67. The van der Waals surface area contributed by atoms with E-state index in [0.717, 1.165) is 13.0 Å². The van der Waals surface area contributed by atoms with Crippen molar-refractivity contribution in [2.45, 2.75) is 16.7 Å². The smallest absolute Gasteiger partial charge is 0.161 e. The van der Waals surface area contributed by atoms with Crippen molar-refractivity contribution in [3.05, 3.63) is 27.9 Å². The SMILES string of the molecule is CC(=O)c1cccc2c1S(=O)(=O)[N-]S2(=O)=O. The van der Waals surface area contributed by atoms with Gasteiger partial charge in [-0.1, -0.05) is 12.1 Å². The lowest BCUT2D eigenvalue weighted by atomic mass is 10.1. The third-order valence-corrected chi connectivity index (χ3v) is 5.64. The number of hydrogen-bond donors (Lipinski definition) is 0. The first-order valence-electron chi connectivity index (χ1n) is 4.14. The molecule has 1 aromatic rings. The lowest BCUT2D eigenvalue weighted by molar-refractivity contribution is 0.101. The largest absolute Gasteiger partial charge is 0.427 e. The summed E-state index contributed by atoms with van der Waals surface area (Å²) in [4.78, 5) is 10.3. The maximum absolute atomic E-state index is 11.5. The van der Waals surface area contributed by atoms with Crippen LogP contribution in [0.5, 0.6) is 0 Å². The summed E-state index contributed by atoms with van der Waals surface area (Å²) in [5, 5.41) is 0. The van der Waals surface area contributed by atoms with Crippen LogP contribution < -0.4 is 0 Å². The zero-order chi connectivity index (χ0) is 12.1. The number of benzene rings is 1. The minimum atomic E-state index is -4.27. The lowest BCUT2D eigenvalue weighted by Gasteiger charge is -2.07. The number of hydrogen-bond acceptors (Lipinski definition) is 5. The van der Waals surface area contributed by atoms with Crippen LogP contribution in [0.25, 0.3) is 4.13 Å². The number of fused-ring (bicyclic) bond motifs is 1. The van der Waals surface area contributed by atoms with E-state index in [1.165, 1.54) is 12.1 Å². The molecule has 0 saturated heterocycles. The first kappa shape index (κ1) is 11.2. The first-order chi connectivity index (χ1) is 7.26. The van der Waals surface area contributed by atoms with Gasteiger partial charge >= 0.3 is 0 Å². The predicted molar refractivity (Wildman–Crippen MR) is 54.2 cm³/mol. The van der Waals surface area contributed by atoms with E-state index in [9.17, 15) is 21.6 Å². The summed E-state index contributed by atoms with van der Waals surface area (Å²) in [6, 6.07) is 3.68. The summed E-state index contributed by atoms with van der Waals surface area (Å²) in [7, 11) is -8.46. The minimum absolute atomic E-state index is 0.151. The van der Waals surface area contributed by atoms with Crippen LogP contribution in [0, 0.1) is 0 Å². The minimum Gasteiger partial charge on any atom is -0.427 e. The summed E-state index contributed by atoms with van der Waals surface area (Å²) < 4.78 is 48.5. The van der Waals surface area contributed by atoms with Crippen molar-refractivity contribution in [3.63, 3.8) is 0 Å². The highest BCUT2D eigenvalue weighted by Crippen LogP contribution is 2.40. The quantitative estimate of drug-likeness (QED) is 0.690. The molecular weight excluding hydrogens is 254 g/mol. The summed E-state index contributed by atoms with van der Waals surface area (Å²) in [6.45, 7) is 1.16. The third kappa shape index (κ3) is 1.46. The van der Waals surface area contributed by atoms with Crippen LogP contribution in [0.3, 0.4) is 0 Å². The normalized spacial score (nSPS) is 20.3. The highest BCUT2D eigenvalue weighted by molar-refractivity contribution is 8.14. The fourth-order valence-electron chi connectivity index (χ4n) is 1.47. The highest BCUT2D eigenvalue weighted by Gasteiger charge is 2.31. The second-order valence-electron chi connectivity index (χ2n) is 3.21. The van der Waals surface area contributed by atoms with E-state index in [0.29, 0.717) is 0 Å². The molecule has 1 heterocycles. The molecule has 2 rings (SSSR count). The molecule has 0 aliphatic carbocycles. The molecule has 86 valence electrons. The van der Waals surface area contributed by atoms with Crippen LogP contribution in [0.15, 0.2) is 28.0 Å². The Balaban J connectivity index is 2.98. The van der Waals surface area contributed by atoms with E-state index >= 15 is 0 Å². The van der Waals surface area contributed by atoms with Gasteiger partial charge in [-0.25, -0.2) is 16.8 Å². The Morgan fingerprint density at radius 1 is 1.12 bits per heavy atom. The molecule has 0 N–H and O–H groups in total. The molecular formula is C8H6NO5S2-. The van der Waals surface area contributed by atoms with Gasteiger partial charge in [0.15, 0.2) is 5.78 Å². The number of rotatable bonds is 1. The third-order valence-electron chi connectivity index (χ3n) is 2.09. The van der Waals surface area contributed by atoms with Gasteiger partial charge in [0.1, 0.15) is 20.0 Å². The van der Waals surface area contributed by atoms with Crippen molar-refractivity contribution >= 4 is 25.8 Å². The topological polar surface area (TPSA) is 99.4 Å². The van der Waals surface area contributed by atoms with Gasteiger partial charge in [-0.15, -0.1) is 0 Å². The lowest BCUT2D eigenvalue weighted by Crippen LogP contribution is -2.02. The molecule has 0 aromatic heterocycles. The number of carbonyl (C=O) groups is 1. The highest BCUT2D eigenvalue weighted by atomic mass is 32.3. The fraction of sp³-hybridized carbons (Fsp3) is 0.125. The maximum atomic E-state index is 11.5. The van der Waals surface area contributed by atoms with Crippen LogP contribution >= 0.6 is 0 Å². The Morgan fingerprint density at radius 2 is 1.75 bits per heavy atom. The van der Waals surface area contributed by atoms with Crippen LogP contribution in [-0.4, -0.2) is 22.6 Å². The molecule has 1 aliphatic heterocycles. The monoisotopic (exact) mass is 260 g/mol. The molecule has 1 aliphatic rings. The zero-order valence-electron chi connectivity index (χ0n) is 8.04. The van der Waals surface area contributed by atoms with Crippen molar-refractivity contribution in [1.29, 1.82) is 0 Å². The number of carbonyl (C=O) groups excluding carboxylic acids is 1. The number of nitrogens with zero attached hydrogens (tertiary/aromatic N) is 1. The maximum Gasteiger partial charge on any atom is 0.161 e. The van der Waals surface area contributed by atoms with Crippen molar-refractivity contribution in [1.82, 2.24) is 0 Å². The van der Waals surface area contributed by atoms with E-state index in [1.54, 1.807) is 0 Å². The molecule has 0 atom stereocenters. The van der Waals surface area contributed by atoms with Crippen molar-refractivity contribution < 1.29 is 21.6 Å². The number of sulfonamides is 2. The molecule has 16 heavy (non-hydrogen) atoms. The molecule has 0 bridgehead atoms. The molecule has 1 aromatic carbocycles. The number of Topliss-reactive ketones (excluding diaryl/α,β-unsaturated/α-hetero) is 1. The summed E-state index contributed by atoms with van der Waals surface area (Å²) in [5.74, 6) is -0.521. The Morgan fingerprint density at radius 3 is 2.31 bits per heavy atom. The molecule has 0 saturated carbocycles. The van der Waals surface area contributed by atoms with Gasteiger partial charge in [0.25, 0.3) is 0 Å². The average Bonchev–Trinajstić information content (AvgIpc) is 2.33. The molecule has 8 heteroatoms. The van der Waals surface area contributed by atoms with E-state index in [4.69, 9.17) is 0 Å². The summed E-state index contributed by atoms with van der Waals surface area (Å²) >= 11 is 0. The average molecular weight is 260 g/mol. The van der Waals surface area contributed by atoms with E-state index in [2.05, 4.69) is 4.13 Å². The van der Waals surface area contributed by atoms with E-state index < -0.39 is 35.6 Å².